The maximum absolute atomic E-state index is 5.81. The molecule has 21 heavy (non-hydrogen) atoms. The number of nitrogens with two attached hydrogens (primary N) is 1. The second-order valence-electron chi connectivity index (χ2n) is 7.25. The summed E-state index contributed by atoms with van der Waals surface area (Å²) >= 11 is 0. The molecule has 0 radical (unpaired) electrons. The molecule has 1 atom stereocenters. The highest BCUT2D eigenvalue weighted by atomic mass is 16.5. The van der Waals surface area contributed by atoms with Crippen molar-refractivity contribution in [3.8, 4) is 0 Å². The molecule has 0 bridgehead atoms. The molecule has 1 unspecified atom stereocenters. The van der Waals surface area contributed by atoms with E-state index in [4.69, 9.17) is 15.0 Å². The molecular weight excluding hydrogens is 266 g/mol. The third-order valence-corrected chi connectivity index (χ3v) is 4.93. The summed E-state index contributed by atoms with van der Waals surface area (Å²) in [6.07, 6.45) is 5.91. The average Bonchev–Trinajstić information content (AvgIpc) is 2.95. The minimum atomic E-state index is -0.364. The predicted octanol–water partition coefficient (Wildman–Crippen LogP) is 3.04. The lowest BCUT2D eigenvalue weighted by Crippen LogP contribution is -2.37. The van der Waals surface area contributed by atoms with E-state index in [-0.39, 0.29) is 5.60 Å². The summed E-state index contributed by atoms with van der Waals surface area (Å²) in [6, 6.07) is 0. The summed E-state index contributed by atoms with van der Waals surface area (Å²) in [6.45, 7) is 7.44. The molecule has 1 aliphatic rings. The van der Waals surface area contributed by atoms with E-state index in [1.54, 1.807) is 7.11 Å². The molecule has 0 aromatic carbocycles. The van der Waals surface area contributed by atoms with Crippen molar-refractivity contribution in [1.82, 2.24) is 10.1 Å². The number of methoxy groups -OCH3 is 1. The smallest absolute Gasteiger partial charge is 0.226 e. The summed E-state index contributed by atoms with van der Waals surface area (Å²) in [7, 11) is 1.75. The van der Waals surface area contributed by atoms with Crippen LogP contribution in [0.2, 0.25) is 0 Å². The first-order valence-electron chi connectivity index (χ1n) is 7.99. The van der Waals surface area contributed by atoms with Crippen LogP contribution in [0.3, 0.4) is 0 Å². The van der Waals surface area contributed by atoms with Crippen LogP contribution in [0.1, 0.15) is 64.6 Å². The molecule has 0 aliphatic heterocycles. The number of aromatic nitrogens is 2. The first-order chi connectivity index (χ1) is 9.91. The van der Waals surface area contributed by atoms with E-state index in [0.717, 1.165) is 44.3 Å². The molecule has 1 aromatic rings. The Morgan fingerprint density at radius 3 is 2.52 bits per heavy atom. The Morgan fingerprint density at radius 2 is 1.95 bits per heavy atom. The van der Waals surface area contributed by atoms with Crippen LogP contribution in [0.4, 0.5) is 0 Å². The van der Waals surface area contributed by atoms with Crippen molar-refractivity contribution < 1.29 is 9.26 Å². The minimum absolute atomic E-state index is 0.364. The minimum Gasteiger partial charge on any atom is -0.370 e. The molecule has 1 heterocycles. The van der Waals surface area contributed by atoms with Gasteiger partial charge in [-0.3, -0.25) is 0 Å². The molecule has 1 aromatic heterocycles. The van der Waals surface area contributed by atoms with Gasteiger partial charge in [0.2, 0.25) is 11.7 Å². The first-order valence-corrected chi connectivity index (χ1v) is 7.99. The van der Waals surface area contributed by atoms with Gasteiger partial charge in [-0.15, -0.1) is 0 Å². The number of hydrogen-bond acceptors (Lipinski definition) is 5. The van der Waals surface area contributed by atoms with Crippen molar-refractivity contribution >= 4 is 0 Å². The van der Waals surface area contributed by atoms with Gasteiger partial charge in [-0.1, -0.05) is 25.9 Å². The number of aryl methyl sites for hydroxylation is 1. The van der Waals surface area contributed by atoms with Gasteiger partial charge in [-0.05, 0) is 50.0 Å². The van der Waals surface area contributed by atoms with E-state index >= 15 is 0 Å². The van der Waals surface area contributed by atoms with Crippen LogP contribution in [0.5, 0.6) is 0 Å². The summed E-state index contributed by atoms with van der Waals surface area (Å²) in [4.78, 5) is 4.59. The molecule has 5 nitrogen and oxygen atoms in total. The Kier molecular flexibility index (Phi) is 5.04. The number of hydrogen-bond donors (Lipinski definition) is 1. The average molecular weight is 295 g/mol. The normalized spacial score (nSPS) is 22.1. The highest BCUT2D eigenvalue weighted by Crippen LogP contribution is 2.46. The summed E-state index contributed by atoms with van der Waals surface area (Å²) in [5.74, 6) is 1.90. The Labute approximate surface area is 127 Å². The molecule has 1 fully saturated rings. The lowest BCUT2D eigenvalue weighted by Gasteiger charge is -2.40. The Bertz CT molecular complexity index is 446. The molecule has 1 saturated carbocycles. The van der Waals surface area contributed by atoms with Gasteiger partial charge in [0.05, 0.1) is 0 Å². The van der Waals surface area contributed by atoms with E-state index < -0.39 is 0 Å². The molecule has 0 amide bonds. The molecular formula is C16H29N3O2. The fraction of sp³-hybridized carbons (Fsp3) is 0.875. The van der Waals surface area contributed by atoms with Gasteiger partial charge in [0.1, 0.15) is 5.60 Å². The van der Waals surface area contributed by atoms with Gasteiger partial charge in [-0.2, -0.15) is 4.98 Å². The second kappa shape index (κ2) is 6.44. The van der Waals surface area contributed by atoms with Crippen molar-refractivity contribution in [2.24, 2.45) is 17.1 Å². The van der Waals surface area contributed by atoms with E-state index in [2.05, 4.69) is 30.9 Å². The number of rotatable bonds is 6. The summed E-state index contributed by atoms with van der Waals surface area (Å²) < 4.78 is 11.2. The Hall–Kier alpha value is -0.940. The monoisotopic (exact) mass is 295 g/mol. The molecule has 2 N–H and O–H groups in total. The van der Waals surface area contributed by atoms with Crippen molar-refractivity contribution in [3.05, 3.63) is 11.7 Å². The SMILES string of the molecule is COC1(c2noc(CCC(C)CN)n2)CCC(C)(C)CC1. The van der Waals surface area contributed by atoms with Gasteiger partial charge < -0.3 is 15.0 Å². The molecule has 2 rings (SSSR count). The Balaban J connectivity index is 2.04. The molecule has 120 valence electrons. The fourth-order valence-electron chi connectivity index (χ4n) is 2.88. The van der Waals surface area contributed by atoms with Crippen molar-refractivity contribution in [1.29, 1.82) is 0 Å². The molecule has 0 saturated heterocycles. The van der Waals surface area contributed by atoms with Crippen LogP contribution in [0.25, 0.3) is 0 Å². The van der Waals surface area contributed by atoms with Gasteiger partial charge in [0.15, 0.2) is 0 Å². The van der Waals surface area contributed by atoms with Crippen LogP contribution in [0, 0.1) is 11.3 Å². The maximum atomic E-state index is 5.81. The van der Waals surface area contributed by atoms with Crippen LogP contribution in [0.15, 0.2) is 4.52 Å². The lowest BCUT2D eigenvalue weighted by molar-refractivity contribution is -0.0740. The van der Waals surface area contributed by atoms with E-state index in [0.29, 0.717) is 23.8 Å². The van der Waals surface area contributed by atoms with E-state index in [1.807, 2.05) is 0 Å². The summed E-state index contributed by atoms with van der Waals surface area (Å²) in [5, 5.41) is 4.19. The third-order valence-electron chi connectivity index (χ3n) is 4.93. The zero-order chi connectivity index (χ0) is 15.5. The zero-order valence-electron chi connectivity index (χ0n) is 13.8. The van der Waals surface area contributed by atoms with E-state index in [9.17, 15) is 0 Å². The highest BCUT2D eigenvalue weighted by molar-refractivity contribution is 5.05. The fourth-order valence-corrected chi connectivity index (χ4v) is 2.88. The van der Waals surface area contributed by atoms with Crippen LogP contribution < -0.4 is 5.73 Å². The van der Waals surface area contributed by atoms with E-state index in [1.165, 1.54) is 0 Å². The molecule has 0 spiro atoms. The first kappa shape index (κ1) is 16.4. The van der Waals surface area contributed by atoms with Crippen LogP contribution >= 0.6 is 0 Å². The zero-order valence-corrected chi connectivity index (χ0v) is 13.8. The summed E-state index contributed by atoms with van der Waals surface area (Å²) in [5.41, 5.74) is 5.66. The molecule has 1 aliphatic carbocycles. The maximum Gasteiger partial charge on any atom is 0.226 e. The predicted molar refractivity (Wildman–Crippen MR) is 81.8 cm³/mol. The lowest BCUT2D eigenvalue weighted by atomic mass is 9.70. The standard InChI is InChI=1S/C16H29N3O2/c1-12(11-17)5-6-13-18-14(19-21-13)16(20-4)9-7-15(2,3)8-10-16/h12H,5-11,17H2,1-4H3. The number of nitrogens with zero attached hydrogens (tertiary/aromatic N) is 2. The largest absolute Gasteiger partial charge is 0.370 e. The van der Waals surface area contributed by atoms with Gasteiger partial charge in [-0.25, -0.2) is 0 Å². The van der Waals surface area contributed by atoms with Crippen molar-refractivity contribution in [3.63, 3.8) is 0 Å². The highest BCUT2D eigenvalue weighted by Gasteiger charge is 2.43. The quantitative estimate of drug-likeness (QED) is 0.873. The topological polar surface area (TPSA) is 74.2 Å². The van der Waals surface area contributed by atoms with Crippen LogP contribution in [-0.4, -0.2) is 23.8 Å². The van der Waals surface area contributed by atoms with Crippen molar-refractivity contribution in [2.75, 3.05) is 13.7 Å². The van der Waals surface area contributed by atoms with Crippen LogP contribution in [-0.2, 0) is 16.8 Å². The Morgan fingerprint density at radius 1 is 1.29 bits per heavy atom. The third kappa shape index (κ3) is 3.83. The molecule has 5 heteroatoms. The van der Waals surface area contributed by atoms with Gasteiger partial charge in [0, 0.05) is 13.5 Å². The number of ether oxygens (including phenoxy) is 1. The van der Waals surface area contributed by atoms with Crippen molar-refractivity contribution in [2.45, 2.75) is 64.9 Å². The second-order valence-corrected chi connectivity index (χ2v) is 7.25. The van der Waals surface area contributed by atoms with Gasteiger partial charge >= 0.3 is 0 Å². The van der Waals surface area contributed by atoms with Gasteiger partial charge in [0.25, 0.3) is 0 Å².